The first kappa shape index (κ1) is 40.7. The van der Waals surface area contributed by atoms with E-state index in [2.05, 4.69) is 130 Å². The molecular weight excluding hydrogens is 910 g/mol. The first-order valence-electron chi connectivity index (χ1n) is 19.6. The van der Waals surface area contributed by atoms with Gasteiger partial charge in [0.15, 0.2) is 0 Å². The van der Waals surface area contributed by atoms with Crippen LogP contribution >= 0.6 is 0 Å². The topological polar surface area (TPSA) is 43.9 Å². The smallest absolute Gasteiger partial charge is 0.123 e. The van der Waals surface area contributed by atoms with E-state index in [1.165, 1.54) is 39.1 Å². The Morgan fingerprint density at radius 3 is 2.22 bits per heavy atom. The van der Waals surface area contributed by atoms with Crippen molar-refractivity contribution >= 4 is 46.0 Å². The van der Waals surface area contributed by atoms with Crippen molar-refractivity contribution < 1.29 is 28.9 Å². The number of hydrogen-bond donors (Lipinski definition) is 0. The van der Waals surface area contributed by atoms with Crippen molar-refractivity contribution in [2.45, 2.75) is 53.8 Å². The van der Waals surface area contributed by atoms with Gasteiger partial charge in [0, 0.05) is 43.8 Å². The molecule has 9 aromatic rings. The molecule has 0 saturated carbocycles. The van der Waals surface area contributed by atoms with Crippen molar-refractivity contribution in [1.29, 1.82) is 0 Å². The molecule has 3 aromatic heterocycles. The minimum absolute atomic E-state index is 0. The molecule has 0 bridgehead atoms. The zero-order chi connectivity index (χ0) is 39.8. The monoisotopic (exact) mass is 956 g/mol. The molecule has 0 spiro atoms. The molecule has 0 saturated heterocycles. The van der Waals surface area contributed by atoms with Gasteiger partial charge in [-0.3, -0.25) is 4.98 Å². The molecule has 0 atom stereocenters. The van der Waals surface area contributed by atoms with E-state index < -0.39 is 8.07 Å². The van der Waals surface area contributed by atoms with E-state index in [1.807, 2.05) is 54.6 Å². The number of rotatable bonds is 7. The molecule has 7 heteroatoms. The second kappa shape index (κ2) is 16.8. The molecule has 0 aliphatic carbocycles. The quantitative estimate of drug-likeness (QED) is 0.118. The molecule has 0 unspecified atom stereocenters. The summed E-state index contributed by atoms with van der Waals surface area (Å²) in [4.78, 5) is 9.70. The first-order chi connectivity index (χ1) is 27.4. The number of pyridine rings is 1. The maximum atomic E-state index is 14.0. The number of hydrogen-bond acceptors (Lipinski definition) is 3. The normalized spacial score (nSPS) is 11.5. The minimum atomic E-state index is -1.34. The van der Waals surface area contributed by atoms with Crippen LogP contribution in [0.25, 0.3) is 72.2 Å². The third-order valence-electron chi connectivity index (χ3n) is 10.5. The summed E-state index contributed by atoms with van der Waals surface area (Å²) in [6.07, 6.45) is 6.34. The Hall–Kier alpha value is -5.46. The van der Waals surface area contributed by atoms with Crippen LogP contribution in [-0.2, 0) is 26.5 Å². The number of aryl methyl sites for hydroxylation is 2. The Labute approximate surface area is 355 Å². The maximum absolute atomic E-state index is 14.0. The fourth-order valence-electron chi connectivity index (χ4n) is 7.92. The molecule has 0 N–H and O–H groups in total. The van der Waals surface area contributed by atoms with Crippen LogP contribution in [0.4, 0.5) is 4.39 Å². The molecule has 0 aliphatic heterocycles. The van der Waals surface area contributed by atoms with Gasteiger partial charge >= 0.3 is 0 Å². The fraction of sp³-hybridized carbons (Fsp3) is 0.176. The fourth-order valence-corrected chi connectivity index (χ4v) is 9.51. The molecule has 293 valence electrons. The summed E-state index contributed by atoms with van der Waals surface area (Å²) in [5.41, 5.74) is 12.8. The van der Waals surface area contributed by atoms with Gasteiger partial charge in [0.2, 0.25) is 0 Å². The van der Waals surface area contributed by atoms with Crippen molar-refractivity contribution in [2.75, 3.05) is 0 Å². The van der Waals surface area contributed by atoms with E-state index in [-0.39, 0.29) is 25.9 Å². The van der Waals surface area contributed by atoms with E-state index in [1.54, 1.807) is 12.1 Å². The average Bonchev–Trinajstić information content (AvgIpc) is 3.78. The second-order valence-corrected chi connectivity index (χ2v) is 21.4. The summed E-state index contributed by atoms with van der Waals surface area (Å²) >= 11 is 0. The third-order valence-corrected chi connectivity index (χ3v) is 12.5. The van der Waals surface area contributed by atoms with Crippen molar-refractivity contribution in [3.05, 3.63) is 168 Å². The molecule has 58 heavy (non-hydrogen) atoms. The molecule has 0 aliphatic rings. The van der Waals surface area contributed by atoms with Crippen LogP contribution in [0.3, 0.4) is 0 Å². The molecule has 1 radical (unpaired) electrons. The number of furan rings is 1. The van der Waals surface area contributed by atoms with Gasteiger partial charge in [0.05, 0.1) is 24.9 Å². The molecule has 0 fully saturated rings. The predicted octanol–water partition coefficient (Wildman–Crippen LogP) is 13.1. The van der Waals surface area contributed by atoms with E-state index in [9.17, 15) is 4.39 Å². The Balaban J connectivity index is 0.000000208. The van der Waals surface area contributed by atoms with Crippen LogP contribution in [0.1, 0.15) is 30.5 Å². The Morgan fingerprint density at radius 1 is 0.793 bits per heavy atom. The predicted molar refractivity (Wildman–Crippen MR) is 238 cm³/mol. The number of aromatic nitrogens is 3. The van der Waals surface area contributed by atoms with E-state index in [4.69, 9.17) is 9.40 Å². The van der Waals surface area contributed by atoms with E-state index in [0.29, 0.717) is 11.5 Å². The second-order valence-electron chi connectivity index (χ2n) is 16.3. The maximum Gasteiger partial charge on any atom is 0.123 e. The molecule has 6 aromatic carbocycles. The van der Waals surface area contributed by atoms with Gasteiger partial charge in [-0.2, -0.15) is 0 Å². The van der Waals surface area contributed by atoms with Gasteiger partial charge in [-0.15, -0.1) is 35.9 Å². The molecule has 3 heterocycles. The van der Waals surface area contributed by atoms with Gasteiger partial charge in [-0.1, -0.05) is 117 Å². The number of halogens is 1. The number of nitrogens with zero attached hydrogens (tertiary/aromatic N) is 3. The third kappa shape index (κ3) is 8.26. The van der Waals surface area contributed by atoms with E-state index >= 15 is 0 Å². The molecule has 9 rings (SSSR count). The zero-order valence-corrected chi connectivity index (χ0v) is 37.3. The van der Waals surface area contributed by atoms with Crippen molar-refractivity contribution in [1.82, 2.24) is 14.5 Å². The number of imidazole rings is 1. The van der Waals surface area contributed by atoms with Crippen LogP contribution in [0, 0.1) is 37.9 Å². The van der Waals surface area contributed by atoms with E-state index in [0.717, 1.165) is 61.9 Å². The van der Waals surface area contributed by atoms with Gasteiger partial charge in [0.25, 0.3) is 0 Å². The van der Waals surface area contributed by atoms with Crippen molar-refractivity contribution in [2.24, 2.45) is 5.92 Å². The summed E-state index contributed by atoms with van der Waals surface area (Å²) in [6, 6.07) is 45.3. The van der Waals surface area contributed by atoms with Crippen LogP contribution in [-0.4, -0.2) is 22.6 Å². The molecular formula is C51H46FIrN3OSi-2. The van der Waals surface area contributed by atoms with Crippen LogP contribution in [0.5, 0.6) is 0 Å². The standard InChI is InChI=1S/C33H22FN2O.C18H24NSi.Ir/c1-20-14-26(15-21(2)32(20)22-8-4-3-5-9-22)36-30-11-7-6-10-29(30)35-33(36)28-19-37-31-18-23-12-13-25(34)16-24(23)17-27(28)31;1-14(2)11-16-12-17(15-9-7-6-8-10-15)19-13-18(16)20(3,4)5;/h3-18H,1-2H3;6-9,12-14H,11H2,1-5H3;/q2*-1;. The van der Waals surface area contributed by atoms with Crippen LogP contribution in [0.15, 0.2) is 138 Å². The van der Waals surface area contributed by atoms with Gasteiger partial charge in [-0.05, 0) is 106 Å². The van der Waals surface area contributed by atoms with Gasteiger partial charge in [0.1, 0.15) is 5.82 Å². The largest absolute Gasteiger partial charge is 0.557 e. The summed E-state index contributed by atoms with van der Waals surface area (Å²) in [6.45, 7) is 16.0. The Morgan fingerprint density at radius 2 is 1.52 bits per heavy atom. The van der Waals surface area contributed by atoms with Crippen molar-refractivity contribution in [3.8, 4) is 39.5 Å². The summed E-state index contributed by atoms with van der Waals surface area (Å²) in [5.74, 6) is 1.14. The van der Waals surface area contributed by atoms with Crippen LogP contribution < -0.4 is 5.19 Å². The number of benzene rings is 6. The van der Waals surface area contributed by atoms with Gasteiger partial charge < -0.3 is 14.0 Å². The summed E-state index contributed by atoms with van der Waals surface area (Å²) in [5, 5.41) is 4.07. The minimum Gasteiger partial charge on any atom is -0.557 e. The van der Waals surface area contributed by atoms with Crippen molar-refractivity contribution in [3.63, 3.8) is 0 Å². The summed E-state index contributed by atoms with van der Waals surface area (Å²) < 4.78 is 22.0. The number of fused-ring (bicyclic) bond motifs is 3. The summed E-state index contributed by atoms with van der Waals surface area (Å²) in [7, 11) is -1.34. The Bertz CT molecular complexity index is 2850. The molecule has 0 amide bonds. The molecule has 4 nitrogen and oxygen atoms in total. The Kier molecular flexibility index (Phi) is 11.8. The SMILES string of the molecule is CC(C)Cc1cc(-c2[c-]cccc2)ncc1[Si](C)(C)C.Cc1cc(-n2c(-c3[c-]oc4cc5ccc(F)cc5cc34)nc3ccccc32)cc(C)c1-c1ccccc1.[Ir]. The van der Waals surface area contributed by atoms with Gasteiger partial charge in [-0.25, -0.2) is 4.39 Å². The average molecular weight is 956 g/mol. The number of para-hydroxylation sites is 2. The zero-order valence-electron chi connectivity index (χ0n) is 33.9. The first-order valence-corrected chi connectivity index (χ1v) is 23.1. The van der Waals surface area contributed by atoms with Crippen LogP contribution in [0.2, 0.25) is 19.6 Å².